The molecular formula is C25H22ClN3O3S. The molecule has 1 amide bonds. The molecule has 1 N–H and O–H groups in total. The van der Waals surface area contributed by atoms with E-state index in [4.69, 9.17) is 11.6 Å². The topological polar surface area (TPSA) is 79.4 Å². The van der Waals surface area contributed by atoms with E-state index in [2.05, 4.69) is 10.3 Å². The maximum Gasteiger partial charge on any atom is 0.243 e. The van der Waals surface area contributed by atoms with Gasteiger partial charge in [-0.1, -0.05) is 54.1 Å². The van der Waals surface area contributed by atoms with Crippen LogP contribution in [0.25, 0.3) is 10.9 Å². The second-order valence-corrected chi connectivity index (χ2v) is 9.91. The molecule has 6 nitrogen and oxygen atoms in total. The number of rotatable bonds is 7. The summed E-state index contributed by atoms with van der Waals surface area (Å²) >= 11 is 6.36. The minimum atomic E-state index is -3.89. The monoisotopic (exact) mass is 479 g/mol. The number of fused-ring (bicyclic) bond motifs is 1. The highest BCUT2D eigenvalue weighted by molar-refractivity contribution is 7.89. The van der Waals surface area contributed by atoms with Crippen molar-refractivity contribution in [3.63, 3.8) is 0 Å². The standard InChI is InChI=1S/C25H22ClN3O3S/c1-18(30)28-22-11-13-23(14-12-22)33(31,32)29(16-20-6-2-3-10-24(20)26)17-21-8-4-7-19-9-5-15-27-25(19)21/h2-15H,16-17H2,1H3,(H,28,30). The molecule has 0 atom stereocenters. The molecule has 0 aliphatic heterocycles. The molecule has 0 bridgehead atoms. The van der Waals surface area contributed by atoms with Gasteiger partial charge in [0.05, 0.1) is 10.4 Å². The van der Waals surface area contributed by atoms with Crippen LogP contribution >= 0.6 is 11.6 Å². The Balaban J connectivity index is 1.74. The first-order chi connectivity index (χ1) is 15.8. The number of hydrogen-bond acceptors (Lipinski definition) is 4. The lowest BCUT2D eigenvalue weighted by Gasteiger charge is -2.23. The first-order valence-electron chi connectivity index (χ1n) is 10.3. The van der Waals surface area contributed by atoms with Crippen LogP contribution in [-0.2, 0) is 27.9 Å². The molecular weight excluding hydrogens is 458 g/mol. The van der Waals surface area contributed by atoms with E-state index in [9.17, 15) is 13.2 Å². The first kappa shape index (κ1) is 22.9. The van der Waals surface area contributed by atoms with Gasteiger partial charge < -0.3 is 5.32 Å². The number of halogens is 1. The Hall–Kier alpha value is -3.26. The number of carbonyl (C=O) groups excluding carboxylic acids is 1. The van der Waals surface area contributed by atoms with Crippen LogP contribution in [-0.4, -0.2) is 23.6 Å². The second-order valence-electron chi connectivity index (χ2n) is 7.56. The number of para-hydroxylation sites is 1. The highest BCUT2D eigenvalue weighted by Gasteiger charge is 2.26. The van der Waals surface area contributed by atoms with Crippen molar-refractivity contribution in [3.05, 3.63) is 101 Å². The number of nitrogens with zero attached hydrogens (tertiary/aromatic N) is 2. The fourth-order valence-electron chi connectivity index (χ4n) is 3.59. The number of carbonyl (C=O) groups is 1. The zero-order valence-corrected chi connectivity index (χ0v) is 19.5. The number of benzene rings is 3. The molecule has 0 saturated heterocycles. The van der Waals surface area contributed by atoms with E-state index in [0.29, 0.717) is 16.3 Å². The molecule has 33 heavy (non-hydrogen) atoms. The molecule has 0 fully saturated rings. The van der Waals surface area contributed by atoms with Crippen molar-refractivity contribution in [3.8, 4) is 0 Å². The van der Waals surface area contributed by atoms with E-state index in [1.807, 2.05) is 42.5 Å². The Morgan fingerprint density at radius 1 is 0.909 bits per heavy atom. The molecule has 4 rings (SSSR count). The summed E-state index contributed by atoms with van der Waals surface area (Å²) in [5, 5.41) is 4.08. The van der Waals surface area contributed by atoms with E-state index in [1.54, 1.807) is 30.5 Å². The van der Waals surface area contributed by atoms with Gasteiger partial charge in [0.25, 0.3) is 0 Å². The van der Waals surface area contributed by atoms with Gasteiger partial charge in [-0.05, 0) is 47.5 Å². The summed E-state index contributed by atoms with van der Waals surface area (Å²) < 4.78 is 28.8. The number of nitrogens with one attached hydrogen (secondary N) is 1. The Bertz CT molecular complexity index is 1400. The lowest BCUT2D eigenvalue weighted by atomic mass is 10.1. The van der Waals surface area contributed by atoms with Gasteiger partial charge >= 0.3 is 0 Å². The molecule has 168 valence electrons. The SMILES string of the molecule is CC(=O)Nc1ccc(S(=O)(=O)N(Cc2ccccc2Cl)Cc2cccc3cccnc23)cc1. The van der Waals surface area contributed by atoms with Gasteiger partial charge in [0, 0.05) is 42.3 Å². The molecule has 0 aliphatic rings. The number of sulfonamides is 1. The zero-order valence-electron chi connectivity index (χ0n) is 17.9. The smallest absolute Gasteiger partial charge is 0.243 e. The quantitative estimate of drug-likeness (QED) is 0.393. The van der Waals surface area contributed by atoms with E-state index in [0.717, 1.165) is 16.5 Å². The minimum absolute atomic E-state index is 0.0959. The third kappa shape index (κ3) is 5.22. The van der Waals surface area contributed by atoms with Crippen LogP contribution in [0.3, 0.4) is 0 Å². The van der Waals surface area contributed by atoms with Crippen LogP contribution in [0.5, 0.6) is 0 Å². The molecule has 1 aromatic heterocycles. The maximum atomic E-state index is 13.7. The van der Waals surface area contributed by atoms with Crippen molar-refractivity contribution in [2.45, 2.75) is 24.9 Å². The fraction of sp³-hybridized carbons (Fsp3) is 0.120. The van der Waals surface area contributed by atoms with E-state index in [1.165, 1.54) is 23.4 Å². The molecule has 0 spiro atoms. The summed E-state index contributed by atoms with van der Waals surface area (Å²) in [6.45, 7) is 1.61. The van der Waals surface area contributed by atoms with Crippen molar-refractivity contribution < 1.29 is 13.2 Å². The van der Waals surface area contributed by atoms with E-state index in [-0.39, 0.29) is 23.9 Å². The number of anilines is 1. The van der Waals surface area contributed by atoms with Crippen LogP contribution in [0, 0.1) is 0 Å². The molecule has 0 aliphatic carbocycles. The largest absolute Gasteiger partial charge is 0.326 e. The van der Waals surface area contributed by atoms with Gasteiger partial charge in [-0.25, -0.2) is 8.42 Å². The van der Waals surface area contributed by atoms with Crippen molar-refractivity contribution in [2.75, 3.05) is 5.32 Å². The summed E-state index contributed by atoms with van der Waals surface area (Å²) in [6, 6.07) is 22.8. The van der Waals surface area contributed by atoms with Gasteiger partial charge in [-0.3, -0.25) is 9.78 Å². The fourth-order valence-corrected chi connectivity index (χ4v) is 5.18. The normalized spacial score (nSPS) is 11.6. The zero-order chi connectivity index (χ0) is 23.4. The molecule has 3 aromatic carbocycles. The summed E-state index contributed by atoms with van der Waals surface area (Å²) in [6.07, 6.45) is 1.69. The molecule has 0 radical (unpaired) electrons. The van der Waals surface area contributed by atoms with Crippen molar-refractivity contribution >= 4 is 44.1 Å². The van der Waals surface area contributed by atoms with Crippen molar-refractivity contribution in [2.24, 2.45) is 0 Å². The van der Waals surface area contributed by atoms with E-state index < -0.39 is 10.0 Å². The van der Waals surface area contributed by atoms with Crippen molar-refractivity contribution in [1.29, 1.82) is 0 Å². The van der Waals surface area contributed by atoms with Crippen LogP contribution < -0.4 is 5.32 Å². The minimum Gasteiger partial charge on any atom is -0.326 e. The first-order valence-corrected chi connectivity index (χ1v) is 12.1. The van der Waals surface area contributed by atoms with Gasteiger partial charge in [-0.15, -0.1) is 0 Å². The predicted molar refractivity (Wildman–Crippen MR) is 130 cm³/mol. The summed E-state index contributed by atoms with van der Waals surface area (Å²) in [5.74, 6) is -0.227. The second kappa shape index (κ2) is 9.70. The average molecular weight is 480 g/mol. The molecule has 1 heterocycles. The Morgan fingerprint density at radius 2 is 1.58 bits per heavy atom. The summed E-state index contributed by atoms with van der Waals surface area (Å²) in [4.78, 5) is 15.9. The van der Waals surface area contributed by atoms with E-state index >= 15 is 0 Å². The molecule has 0 saturated carbocycles. The van der Waals surface area contributed by atoms with Crippen LogP contribution in [0.2, 0.25) is 5.02 Å². The molecule has 4 aromatic rings. The van der Waals surface area contributed by atoms with Gasteiger partial charge in [0.15, 0.2) is 0 Å². The maximum absolute atomic E-state index is 13.7. The van der Waals surface area contributed by atoms with Crippen LogP contribution in [0.15, 0.2) is 90.0 Å². The van der Waals surface area contributed by atoms with Crippen LogP contribution in [0.1, 0.15) is 18.1 Å². The number of amides is 1. The summed E-state index contributed by atoms with van der Waals surface area (Å²) in [5.41, 5.74) is 2.77. The lowest BCUT2D eigenvalue weighted by Crippen LogP contribution is -2.30. The summed E-state index contributed by atoms with van der Waals surface area (Å²) in [7, 11) is -3.89. The molecule has 0 unspecified atom stereocenters. The Labute approximate surface area is 197 Å². The van der Waals surface area contributed by atoms with Gasteiger partial charge in [-0.2, -0.15) is 4.31 Å². The van der Waals surface area contributed by atoms with Gasteiger partial charge in [0.2, 0.25) is 15.9 Å². The Kier molecular flexibility index (Phi) is 6.74. The predicted octanol–water partition coefficient (Wildman–Crippen LogP) is 5.24. The van der Waals surface area contributed by atoms with Crippen molar-refractivity contribution in [1.82, 2.24) is 9.29 Å². The van der Waals surface area contributed by atoms with Crippen LogP contribution in [0.4, 0.5) is 5.69 Å². The number of aromatic nitrogens is 1. The third-order valence-corrected chi connectivity index (χ3v) is 7.35. The highest BCUT2D eigenvalue weighted by atomic mass is 35.5. The number of hydrogen-bond donors (Lipinski definition) is 1. The van der Waals surface area contributed by atoms with Gasteiger partial charge in [0.1, 0.15) is 0 Å². The average Bonchev–Trinajstić information content (AvgIpc) is 2.80. The highest BCUT2D eigenvalue weighted by Crippen LogP contribution is 2.27. The Morgan fingerprint density at radius 3 is 2.30 bits per heavy atom. The third-order valence-electron chi connectivity index (χ3n) is 5.18. The number of pyridine rings is 1. The lowest BCUT2D eigenvalue weighted by molar-refractivity contribution is -0.114. The molecule has 8 heteroatoms.